The number of aryl methyl sites for hydroxylation is 2. The summed E-state index contributed by atoms with van der Waals surface area (Å²) in [5, 5.41) is 2.27. The average molecular weight is 756 g/mol. The minimum Gasteiger partial charge on any atom is -0.455 e. The molecule has 9 aromatic carbocycles. The highest BCUT2D eigenvalue weighted by Gasteiger charge is 2.45. The lowest BCUT2D eigenvalue weighted by molar-refractivity contribution is 0.670. The van der Waals surface area contributed by atoms with Gasteiger partial charge in [0.05, 0.1) is 5.41 Å². The Morgan fingerprint density at radius 1 is 0.373 bits per heavy atom. The molecule has 11 rings (SSSR count). The van der Waals surface area contributed by atoms with Crippen LogP contribution in [0, 0.1) is 13.8 Å². The Labute approximate surface area is 345 Å². The highest BCUT2D eigenvalue weighted by Crippen LogP contribution is 2.56. The van der Waals surface area contributed by atoms with Crippen molar-refractivity contribution in [3.8, 4) is 33.4 Å². The summed E-state index contributed by atoms with van der Waals surface area (Å²) in [4.78, 5) is 2.38. The number of nitrogens with zero attached hydrogens (tertiary/aromatic N) is 1. The molecule has 280 valence electrons. The number of para-hydroxylation sites is 2. The van der Waals surface area contributed by atoms with E-state index in [1.165, 1.54) is 55.6 Å². The third-order valence-corrected chi connectivity index (χ3v) is 12.5. The second kappa shape index (κ2) is 13.9. The third-order valence-electron chi connectivity index (χ3n) is 12.5. The van der Waals surface area contributed by atoms with E-state index in [2.05, 4.69) is 219 Å². The molecular formula is C57H41NO. The van der Waals surface area contributed by atoms with Crippen molar-refractivity contribution >= 4 is 39.0 Å². The Morgan fingerprint density at radius 3 is 1.59 bits per heavy atom. The fourth-order valence-corrected chi connectivity index (χ4v) is 9.75. The highest BCUT2D eigenvalue weighted by molar-refractivity contribution is 6.09. The third kappa shape index (κ3) is 5.48. The maximum atomic E-state index is 6.45. The molecule has 0 saturated heterocycles. The normalized spacial score (nSPS) is 12.7. The number of rotatable bonds is 7. The van der Waals surface area contributed by atoms with E-state index >= 15 is 0 Å². The summed E-state index contributed by atoms with van der Waals surface area (Å²) in [6.07, 6.45) is 0. The van der Waals surface area contributed by atoms with Gasteiger partial charge in [0.25, 0.3) is 0 Å². The van der Waals surface area contributed by atoms with Crippen molar-refractivity contribution in [3.63, 3.8) is 0 Å². The van der Waals surface area contributed by atoms with E-state index in [0.717, 1.165) is 50.1 Å². The van der Waals surface area contributed by atoms with Gasteiger partial charge in [-0.2, -0.15) is 0 Å². The number of furan rings is 1. The monoisotopic (exact) mass is 755 g/mol. The Morgan fingerprint density at radius 2 is 0.898 bits per heavy atom. The number of benzene rings is 9. The number of hydrogen-bond donors (Lipinski definition) is 0. The molecule has 59 heavy (non-hydrogen) atoms. The van der Waals surface area contributed by atoms with E-state index in [4.69, 9.17) is 4.42 Å². The van der Waals surface area contributed by atoms with Gasteiger partial charge in [0.15, 0.2) is 0 Å². The minimum absolute atomic E-state index is 0.455. The van der Waals surface area contributed by atoms with Crippen LogP contribution in [0.4, 0.5) is 17.1 Å². The zero-order valence-electron chi connectivity index (χ0n) is 33.1. The molecule has 0 bridgehead atoms. The van der Waals surface area contributed by atoms with Crippen molar-refractivity contribution in [3.05, 3.63) is 246 Å². The molecule has 0 spiro atoms. The van der Waals surface area contributed by atoms with Crippen LogP contribution in [-0.2, 0) is 5.41 Å². The zero-order valence-corrected chi connectivity index (χ0v) is 33.1. The fourth-order valence-electron chi connectivity index (χ4n) is 9.75. The largest absolute Gasteiger partial charge is 0.455 e. The van der Waals surface area contributed by atoms with E-state index in [1.807, 2.05) is 12.1 Å². The molecule has 2 heteroatoms. The maximum absolute atomic E-state index is 6.45. The first-order valence-corrected chi connectivity index (χ1v) is 20.4. The lowest BCUT2D eigenvalue weighted by Crippen LogP contribution is -2.28. The van der Waals surface area contributed by atoms with E-state index in [-0.39, 0.29) is 0 Å². The van der Waals surface area contributed by atoms with Crippen molar-refractivity contribution in [2.24, 2.45) is 0 Å². The predicted molar refractivity (Wildman–Crippen MR) is 246 cm³/mol. The van der Waals surface area contributed by atoms with Crippen molar-refractivity contribution in [2.75, 3.05) is 4.90 Å². The van der Waals surface area contributed by atoms with E-state index in [1.54, 1.807) is 0 Å². The second-order valence-corrected chi connectivity index (χ2v) is 15.7. The van der Waals surface area contributed by atoms with Crippen LogP contribution in [0.25, 0.3) is 55.3 Å². The van der Waals surface area contributed by atoms with Crippen LogP contribution in [0.2, 0.25) is 0 Å². The molecule has 0 atom stereocenters. The summed E-state index contributed by atoms with van der Waals surface area (Å²) in [6.45, 7) is 4.41. The molecule has 0 N–H and O–H groups in total. The molecule has 1 heterocycles. The topological polar surface area (TPSA) is 16.4 Å². The van der Waals surface area contributed by atoms with Crippen LogP contribution >= 0.6 is 0 Å². The van der Waals surface area contributed by atoms with Crippen molar-refractivity contribution < 1.29 is 4.42 Å². The van der Waals surface area contributed by atoms with Crippen LogP contribution in [0.3, 0.4) is 0 Å². The summed E-state index contributed by atoms with van der Waals surface area (Å²) in [5.74, 6) is 0. The summed E-state index contributed by atoms with van der Waals surface area (Å²) >= 11 is 0. The average Bonchev–Trinajstić information content (AvgIpc) is 3.82. The van der Waals surface area contributed by atoms with Crippen molar-refractivity contribution in [1.82, 2.24) is 0 Å². The Hall–Kier alpha value is -7.42. The number of fused-ring (bicyclic) bond motifs is 6. The molecular weight excluding hydrogens is 715 g/mol. The smallest absolute Gasteiger partial charge is 0.143 e. The summed E-state index contributed by atoms with van der Waals surface area (Å²) in [6, 6.07) is 77.3. The van der Waals surface area contributed by atoms with Crippen LogP contribution in [0.1, 0.15) is 33.4 Å². The molecule has 0 unspecified atom stereocenters. The first kappa shape index (κ1) is 34.8. The highest BCUT2D eigenvalue weighted by atomic mass is 16.3. The van der Waals surface area contributed by atoms with Crippen LogP contribution in [-0.4, -0.2) is 0 Å². The first-order valence-electron chi connectivity index (χ1n) is 20.4. The van der Waals surface area contributed by atoms with Crippen LogP contribution in [0.15, 0.2) is 217 Å². The minimum atomic E-state index is -0.455. The quantitative estimate of drug-likeness (QED) is 0.161. The van der Waals surface area contributed by atoms with Gasteiger partial charge in [-0.3, -0.25) is 0 Å². The first-order chi connectivity index (χ1) is 29.1. The van der Waals surface area contributed by atoms with Crippen LogP contribution in [0.5, 0.6) is 0 Å². The predicted octanol–water partition coefficient (Wildman–Crippen LogP) is 15.4. The SMILES string of the molecule is Cc1ccccc1-c1ccc(N(c2ccc(-c3cccc4c3oc3ccccc34)cc2)c2ccc(C3(c4ccccc4)c4ccccc4-c4ccccc43)cc2)cc1C. The summed E-state index contributed by atoms with van der Waals surface area (Å²) < 4.78 is 6.45. The lowest BCUT2D eigenvalue weighted by atomic mass is 9.68. The molecule has 0 saturated carbocycles. The number of hydrogen-bond acceptors (Lipinski definition) is 2. The lowest BCUT2D eigenvalue weighted by Gasteiger charge is -2.34. The Bertz CT molecular complexity index is 3130. The summed E-state index contributed by atoms with van der Waals surface area (Å²) in [5.41, 5.74) is 19.6. The molecule has 1 aliphatic carbocycles. The van der Waals surface area contributed by atoms with E-state index < -0.39 is 5.41 Å². The van der Waals surface area contributed by atoms with Gasteiger partial charge in [-0.05, 0) is 118 Å². The van der Waals surface area contributed by atoms with Gasteiger partial charge in [-0.15, -0.1) is 0 Å². The fraction of sp³-hybridized carbons (Fsp3) is 0.0526. The van der Waals surface area contributed by atoms with E-state index in [0.29, 0.717) is 0 Å². The zero-order chi connectivity index (χ0) is 39.5. The number of anilines is 3. The van der Waals surface area contributed by atoms with Crippen molar-refractivity contribution in [2.45, 2.75) is 19.3 Å². The van der Waals surface area contributed by atoms with Gasteiger partial charge >= 0.3 is 0 Å². The van der Waals surface area contributed by atoms with Gasteiger partial charge in [-0.1, -0.05) is 170 Å². The van der Waals surface area contributed by atoms with Gasteiger partial charge in [0.2, 0.25) is 0 Å². The van der Waals surface area contributed by atoms with Gasteiger partial charge in [0.1, 0.15) is 11.2 Å². The Balaban J connectivity index is 1.06. The van der Waals surface area contributed by atoms with Gasteiger partial charge in [-0.25, -0.2) is 0 Å². The molecule has 0 amide bonds. The molecule has 0 aliphatic heterocycles. The molecule has 0 fully saturated rings. The van der Waals surface area contributed by atoms with Crippen molar-refractivity contribution in [1.29, 1.82) is 0 Å². The second-order valence-electron chi connectivity index (χ2n) is 15.7. The molecule has 1 aliphatic rings. The molecule has 10 aromatic rings. The summed E-state index contributed by atoms with van der Waals surface area (Å²) in [7, 11) is 0. The molecule has 0 radical (unpaired) electrons. The standard InChI is InChI=1S/C57H41NO/c1-38-15-6-7-18-46(38)47-36-35-45(37-39(47)2)58(43-31-27-40(28-32-43)48-22-14-23-52-51-21-10-13-26-55(51)59-56(48)52)44-33-29-42(30-34-44)57(41-16-4-3-5-17-41)53-24-11-8-19-49(53)50-20-9-12-25-54(50)57/h3-37H,1-2H3. The maximum Gasteiger partial charge on any atom is 0.143 e. The Kier molecular flexibility index (Phi) is 8.20. The van der Waals surface area contributed by atoms with Gasteiger partial charge < -0.3 is 9.32 Å². The molecule has 2 nitrogen and oxygen atoms in total. The molecule has 1 aromatic heterocycles. The van der Waals surface area contributed by atoms with Gasteiger partial charge in [0, 0.05) is 33.4 Å². The van der Waals surface area contributed by atoms with Crippen LogP contribution < -0.4 is 4.90 Å². The van der Waals surface area contributed by atoms with E-state index in [9.17, 15) is 0 Å².